The van der Waals surface area contributed by atoms with Crippen LogP contribution in [-0.4, -0.2) is 53.3 Å². The Kier molecular flexibility index (Phi) is 6.55. The predicted octanol–water partition coefficient (Wildman–Crippen LogP) is 5.12. The number of hydrogen-bond donors (Lipinski definition) is 1. The highest BCUT2D eigenvalue weighted by Crippen LogP contribution is 2.42. The van der Waals surface area contributed by atoms with Crippen molar-refractivity contribution in [2.75, 3.05) is 31.1 Å². The number of aliphatic hydroxyl groups excluding tert-OH is 1. The fourth-order valence-electron chi connectivity index (χ4n) is 4.93. The Morgan fingerprint density at radius 2 is 1.93 bits per heavy atom. The molecule has 0 amide bonds. The number of benzene rings is 1. The highest BCUT2D eigenvalue weighted by atomic mass is 35.5. The number of fused-ring (bicyclic) bond motifs is 2. The van der Waals surface area contributed by atoms with Gasteiger partial charge in [-0.25, -0.2) is 4.98 Å². The van der Waals surface area contributed by atoms with E-state index in [2.05, 4.69) is 26.9 Å². The molecule has 1 saturated heterocycles. The first-order chi connectivity index (χ1) is 14.0. The van der Waals surface area contributed by atoms with Crippen molar-refractivity contribution in [2.45, 2.75) is 31.3 Å². The Hall–Kier alpha value is -1.01. The summed E-state index contributed by atoms with van der Waals surface area (Å²) >= 11 is 18.4. The topological polar surface area (TPSA) is 39.6 Å². The van der Waals surface area contributed by atoms with Gasteiger partial charge in [0.2, 0.25) is 0 Å². The third kappa shape index (κ3) is 3.83. The first-order valence-corrected chi connectivity index (χ1v) is 11.1. The molecule has 2 aliphatic heterocycles. The van der Waals surface area contributed by atoms with Crippen LogP contribution in [0.1, 0.15) is 24.0 Å². The molecule has 2 unspecified atom stereocenters. The van der Waals surface area contributed by atoms with Crippen molar-refractivity contribution in [1.82, 2.24) is 9.88 Å². The third-order valence-corrected chi connectivity index (χ3v) is 7.43. The molecule has 0 saturated carbocycles. The number of nitrogens with zero attached hydrogens (tertiary/aromatic N) is 3. The summed E-state index contributed by atoms with van der Waals surface area (Å²) < 4.78 is 0. The Bertz CT molecular complexity index is 996. The lowest BCUT2D eigenvalue weighted by Crippen LogP contribution is -2.57. The number of hydrogen-bond acceptors (Lipinski definition) is 4. The van der Waals surface area contributed by atoms with Crippen molar-refractivity contribution in [1.29, 1.82) is 0 Å². The van der Waals surface area contributed by atoms with Crippen molar-refractivity contribution in [3.05, 3.63) is 62.2 Å². The monoisotopic (exact) mass is 485 g/mol. The molecule has 5 rings (SSSR count). The van der Waals surface area contributed by atoms with E-state index in [1.807, 2.05) is 12.1 Å². The predicted molar refractivity (Wildman–Crippen MR) is 126 cm³/mol. The molecule has 3 heterocycles. The summed E-state index contributed by atoms with van der Waals surface area (Å²) in [6.07, 6.45) is 3.02. The number of rotatable bonds is 4. The third-order valence-electron chi connectivity index (χ3n) is 6.50. The van der Waals surface area contributed by atoms with Crippen LogP contribution in [-0.2, 0) is 6.42 Å². The summed E-state index contributed by atoms with van der Waals surface area (Å²) in [6, 6.07) is 10.3. The van der Waals surface area contributed by atoms with E-state index >= 15 is 0 Å². The molecule has 1 aromatic carbocycles. The summed E-state index contributed by atoms with van der Waals surface area (Å²) in [7, 11) is 0. The van der Waals surface area contributed by atoms with Gasteiger partial charge in [0.15, 0.2) is 0 Å². The molecule has 1 aliphatic carbocycles. The SMILES string of the molecule is Cl.OCC1C2=C(CCN1CC1CCN1c1ccc(Cl)c(Cl)n1)c1cc(Cl)ccc1C2. The van der Waals surface area contributed by atoms with E-state index in [0.717, 1.165) is 49.7 Å². The molecule has 1 N–H and O–H groups in total. The Balaban J connectivity index is 0.00000218. The van der Waals surface area contributed by atoms with Gasteiger partial charge < -0.3 is 10.0 Å². The highest BCUT2D eigenvalue weighted by Gasteiger charge is 2.38. The molecular weight excluding hydrogens is 464 g/mol. The zero-order chi connectivity index (χ0) is 20.1. The lowest BCUT2D eigenvalue weighted by atomic mass is 9.91. The van der Waals surface area contributed by atoms with Crippen LogP contribution >= 0.6 is 47.2 Å². The molecule has 0 spiro atoms. The Morgan fingerprint density at radius 1 is 1.10 bits per heavy atom. The average molecular weight is 487 g/mol. The second-order valence-electron chi connectivity index (χ2n) is 8.00. The van der Waals surface area contributed by atoms with Gasteiger partial charge in [-0.15, -0.1) is 12.4 Å². The maximum Gasteiger partial charge on any atom is 0.150 e. The van der Waals surface area contributed by atoms with Crippen molar-refractivity contribution in [3.63, 3.8) is 0 Å². The van der Waals surface area contributed by atoms with E-state index in [9.17, 15) is 5.11 Å². The van der Waals surface area contributed by atoms with Crippen molar-refractivity contribution < 1.29 is 5.11 Å². The van der Waals surface area contributed by atoms with E-state index in [0.29, 0.717) is 16.2 Å². The van der Waals surface area contributed by atoms with Gasteiger partial charge in [0, 0.05) is 30.7 Å². The summed E-state index contributed by atoms with van der Waals surface area (Å²) in [4.78, 5) is 9.15. The summed E-state index contributed by atoms with van der Waals surface area (Å²) in [5.41, 5.74) is 5.34. The molecular formula is C22H23Cl4N3O. The molecule has 160 valence electrons. The van der Waals surface area contributed by atoms with Crippen LogP contribution in [0.2, 0.25) is 15.2 Å². The lowest BCUT2D eigenvalue weighted by Gasteiger charge is -2.47. The fraction of sp³-hybridized carbons (Fsp3) is 0.409. The summed E-state index contributed by atoms with van der Waals surface area (Å²) in [6.45, 7) is 2.94. The largest absolute Gasteiger partial charge is 0.394 e. The van der Waals surface area contributed by atoms with Crippen molar-refractivity contribution in [2.24, 2.45) is 0 Å². The van der Waals surface area contributed by atoms with Crippen LogP contribution in [0.4, 0.5) is 5.82 Å². The molecule has 1 fully saturated rings. The number of anilines is 1. The minimum atomic E-state index is 0. The number of aromatic nitrogens is 1. The van der Waals surface area contributed by atoms with E-state index in [-0.39, 0.29) is 25.1 Å². The van der Waals surface area contributed by atoms with Gasteiger partial charge in [0.25, 0.3) is 0 Å². The van der Waals surface area contributed by atoms with Gasteiger partial charge in [-0.05, 0) is 65.8 Å². The van der Waals surface area contributed by atoms with Crippen molar-refractivity contribution in [3.8, 4) is 0 Å². The van der Waals surface area contributed by atoms with E-state index in [1.54, 1.807) is 6.07 Å². The minimum absolute atomic E-state index is 0. The van der Waals surface area contributed by atoms with E-state index < -0.39 is 0 Å². The van der Waals surface area contributed by atoms with Gasteiger partial charge in [0.05, 0.1) is 17.7 Å². The Labute approximate surface area is 197 Å². The lowest BCUT2D eigenvalue weighted by molar-refractivity contribution is 0.124. The molecule has 2 aromatic rings. The zero-order valence-corrected chi connectivity index (χ0v) is 19.4. The van der Waals surface area contributed by atoms with Gasteiger partial charge in [-0.3, -0.25) is 4.90 Å². The summed E-state index contributed by atoms with van der Waals surface area (Å²) in [5.74, 6) is 0.871. The zero-order valence-electron chi connectivity index (χ0n) is 16.3. The molecule has 8 heteroatoms. The maximum absolute atomic E-state index is 10.2. The van der Waals surface area contributed by atoms with Crippen LogP contribution in [0.15, 0.2) is 35.9 Å². The van der Waals surface area contributed by atoms with Crippen LogP contribution in [0.25, 0.3) is 5.57 Å². The number of aliphatic hydroxyl groups is 1. The second kappa shape index (κ2) is 8.85. The normalized spacial score (nSPS) is 23.0. The molecule has 4 nitrogen and oxygen atoms in total. The Morgan fingerprint density at radius 3 is 2.63 bits per heavy atom. The quantitative estimate of drug-likeness (QED) is 0.609. The van der Waals surface area contributed by atoms with Gasteiger partial charge >= 0.3 is 0 Å². The molecule has 0 bridgehead atoms. The van der Waals surface area contributed by atoms with Gasteiger partial charge in [-0.2, -0.15) is 0 Å². The highest BCUT2D eigenvalue weighted by molar-refractivity contribution is 6.41. The van der Waals surface area contributed by atoms with Gasteiger partial charge in [-0.1, -0.05) is 40.9 Å². The number of pyridine rings is 1. The fourth-order valence-corrected chi connectivity index (χ4v) is 5.36. The van der Waals surface area contributed by atoms with Crippen LogP contribution in [0, 0.1) is 0 Å². The molecule has 30 heavy (non-hydrogen) atoms. The standard InChI is InChI=1S/C22H22Cl3N3O.ClH/c23-14-2-1-13-9-18-16(17(13)10-14)6-7-27(20(18)12-29)11-15-5-8-28(15)21-4-3-19(24)22(25)26-21;/h1-4,10,15,20,29H,5-9,11-12H2;1H. The van der Waals surface area contributed by atoms with Crippen LogP contribution in [0.5, 0.6) is 0 Å². The average Bonchev–Trinajstić information content (AvgIpc) is 3.05. The van der Waals surface area contributed by atoms with Crippen LogP contribution in [0.3, 0.4) is 0 Å². The second-order valence-corrected chi connectivity index (χ2v) is 9.20. The first-order valence-electron chi connectivity index (χ1n) is 9.99. The first kappa shape index (κ1) is 22.2. The maximum atomic E-state index is 10.2. The molecule has 0 radical (unpaired) electrons. The smallest absolute Gasteiger partial charge is 0.150 e. The molecule has 1 aromatic heterocycles. The molecule has 2 atom stereocenters. The summed E-state index contributed by atoms with van der Waals surface area (Å²) in [5, 5.41) is 11.8. The van der Waals surface area contributed by atoms with E-state index in [4.69, 9.17) is 34.8 Å². The molecule has 3 aliphatic rings. The van der Waals surface area contributed by atoms with Gasteiger partial charge in [0.1, 0.15) is 11.0 Å². The van der Waals surface area contributed by atoms with Crippen molar-refractivity contribution >= 4 is 58.6 Å². The minimum Gasteiger partial charge on any atom is -0.394 e. The van der Waals surface area contributed by atoms with E-state index in [1.165, 1.54) is 22.3 Å². The number of halogens is 4. The van der Waals surface area contributed by atoms with Crippen LogP contribution < -0.4 is 4.90 Å².